The highest BCUT2D eigenvalue weighted by atomic mass is 32.2. The lowest BCUT2D eigenvalue weighted by molar-refractivity contribution is -0.385. The Hall–Kier alpha value is -2.28. The molecule has 3 heterocycles. The van der Waals surface area contributed by atoms with Gasteiger partial charge in [0, 0.05) is 64.5 Å². The van der Waals surface area contributed by atoms with Gasteiger partial charge in [-0.3, -0.25) is 19.8 Å². The number of benzene rings is 1. The fourth-order valence-electron chi connectivity index (χ4n) is 4.40. The Labute approximate surface area is 187 Å². The first-order valence-electron chi connectivity index (χ1n) is 11.0. The summed E-state index contributed by atoms with van der Waals surface area (Å²) in [6, 6.07) is 4.03. The number of hydrogen-bond acceptors (Lipinski definition) is 8. The van der Waals surface area contributed by atoms with Crippen molar-refractivity contribution in [3.8, 4) is 0 Å². The molecular formula is C20H29N5O6S. The number of sulfonamides is 1. The summed E-state index contributed by atoms with van der Waals surface area (Å²) in [6.07, 6.45) is 1.57. The summed E-state index contributed by atoms with van der Waals surface area (Å²) in [4.78, 5) is 29.2. The van der Waals surface area contributed by atoms with Gasteiger partial charge in [0.25, 0.3) is 5.69 Å². The lowest BCUT2D eigenvalue weighted by Crippen LogP contribution is -2.52. The van der Waals surface area contributed by atoms with Crippen molar-refractivity contribution in [2.45, 2.75) is 17.7 Å². The standard InChI is InChI=1S/C20H29N5O6S/c26-20(16-21-11-13-31-14-12-21)23-9-7-22(8-10-23)18-4-3-17(25(27)28)15-19(18)32(29,30)24-5-1-2-6-24/h3-4,15H,1-2,5-14,16H2. The maximum Gasteiger partial charge on any atom is 0.270 e. The molecule has 0 aromatic heterocycles. The highest BCUT2D eigenvalue weighted by Gasteiger charge is 2.33. The maximum absolute atomic E-state index is 13.3. The van der Waals surface area contributed by atoms with E-state index in [4.69, 9.17) is 4.74 Å². The van der Waals surface area contributed by atoms with Gasteiger partial charge in [0.1, 0.15) is 4.90 Å². The van der Waals surface area contributed by atoms with Crippen molar-refractivity contribution in [2.75, 3.05) is 77.0 Å². The zero-order chi connectivity index (χ0) is 22.7. The summed E-state index contributed by atoms with van der Waals surface area (Å²) in [6.45, 7) is 5.85. The van der Waals surface area contributed by atoms with Crippen LogP contribution in [0.4, 0.5) is 11.4 Å². The molecule has 0 spiro atoms. The molecule has 11 nitrogen and oxygen atoms in total. The summed E-state index contributed by atoms with van der Waals surface area (Å²) in [7, 11) is -3.84. The normalized spacial score (nSPS) is 21.1. The molecule has 0 atom stereocenters. The number of hydrogen-bond donors (Lipinski definition) is 0. The van der Waals surface area contributed by atoms with Crippen LogP contribution < -0.4 is 4.90 Å². The quantitative estimate of drug-likeness (QED) is 0.435. The molecular weight excluding hydrogens is 438 g/mol. The van der Waals surface area contributed by atoms with Crippen LogP contribution in [-0.4, -0.2) is 105 Å². The zero-order valence-electron chi connectivity index (χ0n) is 18.0. The minimum absolute atomic E-state index is 0.0262. The fourth-order valence-corrected chi connectivity index (χ4v) is 6.15. The molecule has 3 aliphatic heterocycles. The molecule has 0 radical (unpaired) electrons. The molecule has 3 fully saturated rings. The van der Waals surface area contributed by atoms with E-state index in [1.54, 1.807) is 4.90 Å². The maximum atomic E-state index is 13.3. The second-order valence-corrected chi connectivity index (χ2v) is 10.2. The molecule has 1 aromatic carbocycles. The van der Waals surface area contributed by atoms with Crippen molar-refractivity contribution in [1.82, 2.24) is 14.1 Å². The number of anilines is 1. The van der Waals surface area contributed by atoms with Gasteiger partial charge in [0.2, 0.25) is 15.9 Å². The van der Waals surface area contributed by atoms with Crippen LogP contribution in [0.5, 0.6) is 0 Å². The first kappa shape index (κ1) is 22.9. The summed E-state index contributed by atoms with van der Waals surface area (Å²) < 4.78 is 33.2. The lowest BCUT2D eigenvalue weighted by atomic mass is 10.2. The predicted molar refractivity (Wildman–Crippen MR) is 117 cm³/mol. The summed E-state index contributed by atoms with van der Waals surface area (Å²) in [5.74, 6) is 0.0557. The molecule has 32 heavy (non-hydrogen) atoms. The second-order valence-electron chi connectivity index (χ2n) is 8.28. The number of ether oxygens (including phenoxy) is 1. The van der Waals surface area contributed by atoms with E-state index in [2.05, 4.69) is 4.90 Å². The lowest BCUT2D eigenvalue weighted by Gasteiger charge is -2.38. The predicted octanol–water partition coefficient (Wildman–Crippen LogP) is 0.360. The number of nitro groups is 1. The Kier molecular flexibility index (Phi) is 6.93. The van der Waals surface area contributed by atoms with Gasteiger partial charge in [-0.05, 0) is 18.9 Å². The molecule has 3 saturated heterocycles. The molecule has 176 valence electrons. The van der Waals surface area contributed by atoms with Crippen molar-refractivity contribution in [2.24, 2.45) is 0 Å². The fraction of sp³-hybridized carbons (Fsp3) is 0.650. The Morgan fingerprint density at radius 2 is 1.66 bits per heavy atom. The third kappa shape index (κ3) is 4.87. The van der Waals surface area contributed by atoms with E-state index >= 15 is 0 Å². The molecule has 3 aliphatic rings. The van der Waals surface area contributed by atoms with Gasteiger partial charge in [0.15, 0.2) is 0 Å². The number of morpholine rings is 1. The largest absolute Gasteiger partial charge is 0.379 e. The van der Waals surface area contributed by atoms with Crippen molar-refractivity contribution in [3.63, 3.8) is 0 Å². The molecule has 1 aromatic rings. The van der Waals surface area contributed by atoms with E-state index in [1.165, 1.54) is 22.5 Å². The summed E-state index contributed by atoms with van der Waals surface area (Å²) in [5, 5.41) is 11.3. The van der Waals surface area contributed by atoms with Crippen LogP contribution >= 0.6 is 0 Å². The van der Waals surface area contributed by atoms with E-state index < -0.39 is 14.9 Å². The number of carbonyl (C=O) groups is 1. The van der Waals surface area contributed by atoms with Crippen LogP contribution in [0.1, 0.15) is 12.8 Å². The zero-order valence-corrected chi connectivity index (χ0v) is 18.8. The van der Waals surface area contributed by atoms with Crippen LogP contribution in [0.3, 0.4) is 0 Å². The van der Waals surface area contributed by atoms with E-state index in [-0.39, 0.29) is 16.5 Å². The van der Waals surface area contributed by atoms with Crippen LogP contribution in [0.25, 0.3) is 0 Å². The molecule has 12 heteroatoms. The van der Waals surface area contributed by atoms with Gasteiger partial charge in [0.05, 0.1) is 30.4 Å². The highest BCUT2D eigenvalue weighted by Crippen LogP contribution is 2.33. The van der Waals surface area contributed by atoms with Crippen molar-refractivity contribution < 1.29 is 22.9 Å². The van der Waals surface area contributed by atoms with Gasteiger partial charge in [-0.1, -0.05) is 0 Å². The number of piperazine rings is 1. The molecule has 1 amide bonds. The Morgan fingerprint density at radius 3 is 2.28 bits per heavy atom. The topological polar surface area (TPSA) is 117 Å². The molecule has 0 saturated carbocycles. The van der Waals surface area contributed by atoms with E-state index in [1.807, 2.05) is 4.90 Å². The molecule has 0 aliphatic carbocycles. The Balaban J connectivity index is 1.49. The van der Waals surface area contributed by atoms with Crippen molar-refractivity contribution >= 4 is 27.3 Å². The smallest absolute Gasteiger partial charge is 0.270 e. The molecule has 0 unspecified atom stereocenters. The van der Waals surface area contributed by atoms with Gasteiger partial charge < -0.3 is 14.5 Å². The van der Waals surface area contributed by atoms with Crippen LogP contribution in [0, 0.1) is 10.1 Å². The van der Waals surface area contributed by atoms with Crippen molar-refractivity contribution in [3.05, 3.63) is 28.3 Å². The number of rotatable bonds is 6. The number of nitro benzene ring substituents is 1. The minimum atomic E-state index is -3.84. The average molecular weight is 468 g/mol. The highest BCUT2D eigenvalue weighted by molar-refractivity contribution is 7.89. The molecule has 0 N–H and O–H groups in total. The minimum Gasteiger partial charge on any atom is -0.379 e. The average Bonchev–Trinajstić information content (AvgIpc) is 3.35. The third-order valence-corrected chi connectivity index (χ3v) is 8.20. The van der Waals surface area contributed by atoms with Gasteiger partial charge in [-0.15, -0.1) is 0 Å². The number of nitrogens with zero attached hydrogens (tertiary/aromatic N) is 5. The van der Waals surface area contributed by atoms with E-state index in [9.17, 15) is 23.3 Å². The first-order chi connectivity index (χ1) is 15.4. The molecule has 0 bridgehead atoms. The van der Waals surface area contributed by atoms with Gasteiger partial charge >= 0.3 is 0 Å². The number of carbonyl (C=O) groups excluding carboxylic acids is 1. The Morgan fingerprint density at radius 1 is 1.00 bits per heavy atom. The van der Waals surface area contributed by atoms with Crippen LogP contribution in [0.15, 0.2) is 23.1 Å². The SMILES string of the molecule is O=C(CN1CCOCC1)N1CCN(c2ccc([N+](=O)[O-])cc2S(=O)(=O)N2CCCC2)CC1. The van der Waals surface area contributed by atoms with Gasteiger partial charge in [-0.25, -0.2) is 8.42 Å². The van der Waals surface area contributed by atoms with E-state index in [0.717, 1.165) is 25.9 Å². The first-order valence-corrected chi connectivity index (χ1v) is 12.4. The van der Waals surface area contributed by atoms with Gasteiger partial charge in [-0.2, -0.15) is 4.31 Å². The Bertz CT molecular complexity index is 951. The third-order valence-electron chi connectivity index (χ3n) is 6.27. The summed E-state index contributed by atoms with van der Waals surface area (Å²) >= 11 is 0. The van der Waals surface area contributed by atoms with Crippen LogP contribution in [0.2, 0.25) is 0 Å². The summed E-state index contributed by atoms with van der Waals surface area (Å²) in [5.41, 5.74) is 0.216. The molecule has 4 rings (SSSR count). The number of non-ortho nitro benzene ring substituents is 1. The van der Waals surface area contributed by atoms with E-state index in [0.29, 0.717) is 64.7 Å². The number of amides is 1. The van der Waals surface area contributed by atoms with Crippen LogP contribution in [-0.2, 0) is 19.6 Å². The monoisotopic (exact) mass is 467 g/mol. The van der Waals surface area contributed by atoms with Crippen molar-refractivity contribution in [1.29, 1.82) is 0 Å². The second kappa shape index (κ2) is 9.69.